The molecular weight excluding hydrogens is 420 g/mol. The third-order valence-corrected chi connectivity index (χ3v) is 6.04. The zero-order valence-electron chi connectivity index (χ0n) is 19.0. The molecule has 1 amide bonds. The molecule has 0 aliphatic carbocycles. The fourth-order valence-corrected chi connectivity index (χ4v) is 4.15. The number of hydrogen-bond donors (Lipinski definition) is 2. The minimum absolute atomic E-state index is 0.0928. The van der Waals surface area contributed by atoms with Crippen molar-refractivity contribution in [3.63, 3.8) is 0 Å². The highest BCUT2D eigenvalue weighted by molar-refractivity contribution is 5.76. The van der Waals surface area contributed by atoms with Crippen LogP contribution >= 0.6 is 0 Å². The fourth-order valence-electron chi connectivity index (χ4n) is 4.15. The SMILES string of the molecule is NC(=O)C1CCN(C(CC(=O)O)OCCCOc2ccccc2CCc2ccccc2)CC1. The molecule has 1 aliphatic heterocycles. The molecule has 1 aliphatic rings. The van der Waals surface area contributed by atoms with Crippen molar-refractivity contribution in [3.8, 4) is 5.75 Å². The Hall–Kier alpha value is -2.90. The summed E-state index contributed by atoms with van der Waals surface area (Å²) in [4.78, 5) is 24.7. The number of carboxylic acids is 1. The van der Waals surface area contributed by atoms with Gasteiger partial charge in [-0.3, -0.25) is 14.5 Å². The molecule has 0 bridgehead atoms. The number of ether oxygens (including phenoxy) is 2. The molecule has 0 radical (unpaired) electrons. The van der Waals surface area contributed by atoms with Crippen LogP contribution < -0.4 is 10.5 Å². The fraction of sp³-hybridized carbons (Fsp3) is 0.462. The number of aryl methyl sites for hydroxylation is 2. The lowest BCUT2D eigenvalue weighted by Gasteiger charge is -2.35. The second kappa shape index (κ2) is 13.0. The predicted octanol–water partition coefficient (Wildman–Crippen LogP) is 3.26. The van der Waals surface area contributed by atoms with Crippen molar-refractivity contribution in [2.45, 2.75) is 44.8 Å². The summed E-state index contributed by atoms with van der Waals surface area (Å²) in [7, 11) is 0. The molecule has 1 atom stereocenters. The number of aliphatic carboxylic acids is 1. The normalized spacial score (nSPS) is 15.8. The van der Waals surface area contributed by atoms with Crippen molar-refractivity contribution in [1.29, 1.82) is 0 Å². The van der Waals surface area contributed by atoms with Crippen molar-refractivity contribution in [2.24, 2.45) is 11.7 Å². The largest absolute Gasteiger partial charge is 0.493 e. The molecule has 3 rings (SSSR count). The van der Waals surface area contributed by atoms with Gasteiger partial charge in [-0.2, -0.15) is 0 Å². The number of para-hydroxylation sites is 1. The maximum Gasteiger partial charge on any atom is 0.307 e. The van der Waals surface area contributed by atoms with Gasteiger partial charge in [0.1, 0.15) is 12.0 Å². The molecule has 3 N–H and O–H groups in total. The Morgan fingerprint density at radius 3 is 2.39 bits per heavy atom. The Bertz CT molecular complexity index is 881. The third-order valence-electron chi connectivity index (χ3n) is 6.04. The number of piperidine rings is 1. The van der Waals surface area contributed by atoms with E-state index in [1.165, 1.54) is 11.1 Å². The van der Waals surface area contributed by atoms with E-state index in [-0.39, 0.29) is 18.2 Å². The number of likely N-dealkylation sites (tertiary alicyclic amines) is 1. The average molecular weight is 455 g/mol. The zero-order valence-corrected chi connectivity index (χ0v) is 19.0. The zero-order chi connectivity index (χ0) is 23.5. The van der Waals surface area contributed by atoms with Crippen LogP contribution in [0.2, 0.25) is 0 Å². The van der Waals surface area contributed by atoms with Crippen LogP contribution in [0.1, 0.15) is 36.8 Å². The van der Waals surface area contributed by atoms with E-state index in [0.717, 1.165) is 18.6 Å². The van der Waals surface area contributed by atoms with Crippen molar-refractivity contribution in [1.82, 2.24) is 4.90 Å². The number of nitrogens with two attached hydrogens (primary N) is 1. The molecular formula is C26H34N2O5. The van der Waals surface area contributed by atoms with Crippen LogP contribution in [0.4, 0.5) is 0 Å². The molecule has 1 fully saturated rings. The van der Waals surface area contributed by atoms with Gasteiger partial charge >= 0.3 is 5.97 Å². The molecule has 0 aromatic heterocycles. The number of nitrogens with zero attached hydrogens (tertiary/aromatic N) is 1. The molecule has 0 spiro atoms. The first-order chi connectivity index (χ1) is 16.0. The number of carboxylic acid groups (broad SMARTS) is 1. The molecule has 2 aromatic rings. The summed E-state index contributed by atoms with van der Waals surface area (Å²) in [5.41, 5.74) is 7.86. The van der Waals surface area contributed by atoms with E-state index in [9.17, 15) is 14.7 Å². The van der Waals surface area contributed by atoms with E-state index >= 15 is 0 Å². The topological polar surface area (TPSA) is 102 Å². The average Bonchev–Trinajstić information content (AvgIpc) is 2.83. The Balaban J connectivity index is 1.43. The standard InChI is InChI=1S/C26H34N2O5/c27-26(31)22-13-15-28(16-14-22)24(19-25(29)30)33-18-6-17-32-23-10-5-4-9-21(23)12-11-20-7-2-1-3-8-20/h1-5,7-10,22,24H,6,11-19H2,(H2,27,31)(H,29,30). The summed E-state index contributed by atoms with van der Waals surface area (Å²) in [5.74, 6) is -0.446. The minimum atomic E-state index is -0.902. The first-order valence-corrected chi connectivity index (χ1v) is 11.6. The number of carbonyl (C=O) groups is 2. The third kappa shape index (κ3) is 8.18. The highest BCUT2D eigenvalue weighted by atomic mass is 16.5. The van der Waals surface area contributed by atoms with Gasteiger partial charge in [0.05, 0.1) is 19.6 Å². The van der Waals surface area contributed by atoms with Crippen LogP contribution in [0.5, 0.6) is 5.75 Å². The van der Waals surface area contributed by atoms with Crippen LogP contribution in [0.3, 0.4) is 0 Å². The number of hydrogen-bond acceptors (Lipinski definition) is 5. The number of carbonyl (C=O) groups excluding carboxylic acids is 1. The van der Waals surface area contributed by atoms with Crippen molar-refractivity contribution in [2.75, 3.05) is 26.3 Å². The van der Waals surface area contributed by atoms with E-state index in [2.05, 4.69) is 30.3 Å². The molecule has 1 heterocycles. The molecule has 1 unspecified atom stereocenters. The summed E-state index contributed by atoms with van der Waals surface area (Å²) < 4.78 is 11.9. The van der Waals surface area contributed by atoms with Gasteiger partial charge in [0.25, 0.3) is 0 Å². The predicted molar refractivity (Wildman–Crippen MR) is 126 cm³/mol. The highest BCUT2D eigenvalue weighted by Gasteiger charge is 2.29. The first-order valence-electron chi connectivity index (χ1n) is 11.6. The lowest BCUT2D eigenvalue weighted by molar-refractivity contribution is -0.148. The summed E-state index contributed by atoms with van der Waals surface area (Å²) in [6, 6.07) is 18.4. The van der Waals surface area contributed by atoms with Crippen molar-refractivity contribution in [3.05, 3.63) is 65.7 Å². The summed E-state index contributed by atoms with van der Waals surface area (Å²) in [6.45, 7) is 2.11. The Morgan fingerprint density at radius 2 is 1.70 bits per heavy atom. The number of amides is 1. The van der Waals surface area contributed by atoms with E-state index < -0.39 is 12.2 Å². The maximum atomic E-state index is 11.4. The van der Waals surface area contributed by atoms with E-state index in [1.807, 2.05) is 29.2 Å². The van der Waals surface area contributed by atoms with Gasteiger partial charge in [-0.25, -0.2) is 0 Å². The smallest absolute Gasteiger partial charge is 0.307 e. The van der Waals surface area contributed by atoms with Gasteiger partial charge in [0, 0.05) is 25.4 Å². The van der Waals surface area contributed by atoms with Crippen LogP contribution in [0, 0.1) is 5.92 Å². The molecule has 0 saturated carbocycles. The summed E-state index contributed by atoms with van der Waals surface area (Å²) in [5, 5.41) is 9.26. The minimum Gasteiger partial charge on any atom is -0.493 e. The van der Waals surface area contributed by atoms with E-state index in [0.29, 0.717) is 45.6 Å². The molecule has 33 heavy (non-hydrogen) atoms. The van der Waals surface area contributed by atoms with E-state index in [1.54, 1.807) is 0 Å². The van der Waals surface area contributed by atoms with Gasteiger partial charge in [-0.1, -0.05) is 48.5 Å². The first kappa shape index (κ1) is 24.7. The van der Waals surface area contributed by atoms with Gasteiger partial charge < -0.3 is 20.3 Å². The lowest BCUT2D eigenvalue weighted by atomic mass is 9.96. The number of benzene rings is 2. The van der Waals surface area contributed by atoms with Gasteiger partial charge in [-0.05, 0) is 42.9 Å². The maximum absolute atomic E-state index is 11.4. The van der Waals surface area contributed by atoms with Crippen LogP contribution in [-0.2, 0) is 27.2 Å². The second-order valence-corrected chi connectivity index (χ2v) is 8.43. The summed E-state index contributed by atoms with van der Waals surface area (Å²) in [6.07, 6.45) is 3.18. The molecule has 7 heteroatoms. The van der Waals surface area contributed by atoms with Crippen LogP contribution in [0.15, 0.2) is 54.6 Å². The molecule has 1 saturated heterocycles. The van der Waals surface area contributed by atoms with E-state index in [4.69, 9.17) is 15.2 Å². The van der Waals surface area contributed by atoms with Crippen molar-refractivity contribution < 1.29 is 24.2 Å². The summed E-state index contributed by atoms with van der Waals surface area (Å²) >= 11 is 0. The Kier molecular flexibility index (Phi) is 9.72. The monoisotopic (exact) mass is 454 g/mol. The molecule has 7 nitrogen and oxygen atoms in total. The van der Waals surface area contributed by atoms with Gasteiger partial charge in [0.15, 0.2) is 0 Å². The number of rotatable bonds is 13. The second-order valence-electron chi connectivity index (χ2n) is 8.43. The highest BCUT2D eigenvalue weighted by Crippen LogP contribution is 2.22. The molecule has 2 aromatic carbocycles. The Morgan fingerprint density at radius 1 is 1.00 bits per heavy atom. The lowest BCUT2D eigenvalue weighted by Crippen LogP contribution is -2.46. The molecule has 178 valence electrons. The van der Waals surface area contributed by atoms with Crippen LogP contribution in [-0.4, -0.2) is 54.4 Å². The van der Waals surface area contributed by atoms with Crippen molar-refractivity contribution >= 4 is 11.9 Å². The Labute approximate surface area is 195 Å². The quantitative estimate of drug-likeness (QED) is 0.451. The van der Waals surface area contributed by atoms with Crippen LogP contribution in [0.25, 0.3) is 0 Å². The van der Waals surface area contributed by atoms with Gasteiger partial charge in [0.2, 0.25) is 5.91 Å². The number of primary amides is 1. The van der Waals surface area contributed by atoms with Gasteiger partial charge in [-0.15, -0.1) is 0 Å².